The Morgan fingerprint density at radius 2 is 2.00 bits per heavy atom. The Labute approximate surface area is 168 Å². The summed E-state index contributed by atoms with van der Waals surface area (Å²) in [5.74, 6) is 1.59. The SMILES string of the molecule is O=C1NC2(CCCCC2)c2cc(Nc3cc(N[C@@H]4CCCOC4)ncn3)sc21. The maximum absolute atomic E-state index is 12.5. The molecule has 3 aliphatic rings. The molecule has 8 heteroatoms. The summed E-state index contributed by atoms with van der Waals surface area (Å²) in [6, 6.07) is 4.33. The molecule has 0 radical (unpaired) electrons. The fraction of sp³-hybridized carbons (Fsp3) is 0.550. The van der Waals surface area contributed by atoms with Crippen molar-refractivity contribution >= 4 is 33.9 Å². The lowest BCUT2D eigenvalue weighted by atomic mass is 9.78. The van der Waals surface area contributed by atoms with Crippen LogP contribution in [-0.4, -0.2) is 35.1 Å². The van der Waals surface area contributed by atoms with E-state index in [0.29, 0.717) is 6.61 Å². The van der Waals surface area contributed by atoms with Crippen LogP contribution in [0.2, 0.25) is 0 Å². The minimum atomic E-state index is -0.152. The van der Waals surface area contributed by atoms with E-state index in [2.05, 4.69) is 32.0 Å². The fourth-order valence-electron chi connectivity index (χ4n) is 4.56. The lowest BCUT2D eigenvalue weighted by Crippen LogP contribution is -2.40. The lowest BCUT2D eigenvalue weighted by Gasteiger charge is -2.33. The number of hydrogen-bond donors (Lipinski definition) is 3. The highest BCUT2D eigenvalue weighted by molar-refractivity contribution is 7.18. The molecule has 28 heavy (non-hydrogen) atoms. The number of nitrogens with one attached hydrogen (secondary N) is 3. The van der Waals surface area contributed by atoms with E-state index < -0.39 is 0 Å². The summed E-state index contributed by atoms with van der Waals surface area (Å²) in [4.78, 5) is 22.0. The molecular formula is C20H25N5O2S. The van der Waals surface area contributed by atoms with Crippen LogP contribution in [0.3, 0.4) is 0 Å². The molecule has 2 fully saturated rings. The molecule has 0 unspecified atom stereocenters. The van der Waals surface area contributed by atoms with Gasteiger partial charge in [0.05, 0.1) is 28.1 Å². The van der Waals surface area contributed by atoms with Crippen molar-refractivity contribution in [1.82, 2.24) is 15.3 Å². The van der Waals surface area contributed by atoms with Gasteiger partial charge in [0.25, 0.3) is 5.91 Å². The van der Waals surface area contributed by atoms with E-state index in [1.54, 1.807) is 6.33 Å². The van der Waals surface area contributed by atoms with Gasteiger partial charge in [-0.15, -0.1) is 11.3 Å². The molecule has 1 atom stereocenters. The molecule has 0 aromatic carbocycles. The third-order valence-corrected chi connectivity index (χ3v) is 6.99. The normalized spacial score (nSPS) is 23.3. The standard InChI is InChI=1S/C20H25N5O2S/c26-19-18-14(20(25-19)6-2-1-3-7-20)9-17(28-18)24-16-10-15(21-12-22-16)23-13-5-4-8-27-11-13/h9-10,12-13H,1-8,11H2,(H,25,26)(H2,21,22,23,24)/t13-/m1/s1. The monoisotopic (exact) mass is 399 g/mol. The number of amides is 1. The summed E-state index contributed by atoms with van der Waals surface area (Å²) in [5, 5.41) is 11.0. The quantitative estimate of drug-likeness (QED) is 0.725. The van der Waals surface area contributed by atoms with Gasteiger partial charge in [0.15, 0.2) is 0 Å². The maximum atomic E-state index is 12.5. The highest BCUT2D eigenvalue weighted by atomic mass is 32.1. The first-order chi connectivity index (χ1) is 13.7. The molecule has 1 aliphatic carbocycles. The largest absolute Gasteiger partial charge is 0.379 e. The molecule has 5 rings (SSSR count). The Bertz CT molecular complexity index is 871. The van der Waals surface area contributed by atoms with Crippen molar-refractivity contribution in [2.24, 2.45) is 0 Å². The highest BCUT2D eigenvalue weighted by Gasteiger charge is 2.44. The third kappa shape index (κ3) is 3.35. The molecular weight excluding hydrogens is 374 g/mol. The van der Waals surface area contributed by atoms with E-state index in [9.17, 15) is 4.79 Å². The Hall–Kier alpha value is -2.19. The van der Waals surface area contributed by atoms with Gasteiger partial charge in [0.2, 0.25) is 0 Å². The van der Waals surface area contributed by atoms with E-state index in [4.69, 9.17) is 4.74 Å². The van der Waals surface area contributed by atoms with Gasteiger partial charge in [-0.3, -0.25) is 4.79 Å². The molecule has 148 valence electrons. The Kier molecular flexibility index (Phi) is 4.68. The van der Waals surface area contributed by atoms with Gasteiger partial charge in [0.1, 0.15) is 18.0 Å². The van der Waals surface area contributed by atoms with Crippen molar-refractivity contribution in [3.8, 4) is 0 Å². The van der Waals surface area contributed by atoms with E-state index in [1.165, 1.54) is 30.6 Å². The zero-order valence-corrected chi connectivity index (χ0v) is 16.6. The van der Waals surface area contributed by atoms with E-state index in [0.717, 1.165) is 59.4 Å². The molecule has 2 aromatic heterocycles. The van der Waals surface area contributed by atoms with Crippen LogP contribution in [0.1, 0.15) is 60.2 Å². The second-order valence-corrected chi connectivity index (χ2v) is 8.97. The van der Waals surface area contributed by atoms with Crippen LogP contribution >= 0.6 is 11.3 Å². The van der Waals surface area contributed by atoms with Crippen molar-refractivity contribution in [3.63, 3.8) is 0 Å². The zero-order valence-electron chi connectivity index (χ0n) is 15.8. The summed E-state index contributed by atoms with van der Waals surface area (Å²) in [6.07, 6.45) is 9.38. The number of carbonyl (C=O) groups is 1. The Morgan fingerprint density at radius 3 is 2.82 bits per heavy atom. The summed E-state index contributed by atoms with van der Waals surface area (Å²) < 4.78 is 5.52. The van der Waals surface area contributed by atoms with Gasteiger partial charge < -0.3 is 20.7 Å². The van der Waals surface area contributed by atoms with Gasteiger partial charge in [-0.05, 0) is 31.7 Å². The average Bonchev–Trinajstić information content (AvgIpc) is 3.23. The smallest absolute Gasteiger partial charge is 0.262 e. The van der Waals surface area contributed by atoms with Crippen LogP contribution in [0.5, 0.6) is 0 Å². The van der Waals surface area contributed by atoms with Crippen molar-refractivity contribution in [2.45, 2.75) is 56.5 Å². The molecule has 1 saturated heterocycles. The second kappa shape index (κ2) is 7.33. The average molecular weight is 400 g/mol. The number of aromatic nitrogens is 2. The maximum Gasteiger partial charge on any atom is 0.262 e. The predicted octanol–water partition coefficient (Wildman–Crippen LogP) is 3.78. The molecule has 0 bridgehead atoms. The van der Waals surface area contributed by atoms with E-state index >= 15 is 0 Å². The summed E-state index contributed by atoms with van der Waals surface area (Å²) in [7, 11) is 0. The summed E-state index contributed by atoms with van der Waals surface area (Å²) >= 11 is 1.51. The highest BCUT2D eigenvalue weighted by Crippen LogP contribution is 2.47. The number of fused-ring (bicyclic) bond motifs is 2. The van der Waals surface area contributed by atoms with Crippen LogP contribution in [0.25, 0.3) is 0 Å². The van der Waals surface area contributed by atoms with E-state index in [1.807, 2.05) is 6.07 Å². The molecule has 7 nitrogen and oxygen atoms in total. The lowest BCUT2D eigenvalue weighted by molar-refractivity contribution is 0.0875. The minimum Gasteiger partial charge on any atom is -0.379 e. The van der Waals surface area contributed by atoms with Crippen molar-refractivity contribution < 1.29 is 9.53 Å². The van der Waals surface area contributed by atoms with Gasteiger partial charge in [-0.2, -0.15) is 0 Å². The predicted molar refractivity (Wildman–Crippen MR) is 109 cm³/mol. The molecule has 1 saturated carbocycles. The molecule has 2 aromatic rings. The van der Waals surface area contributed by atoms with Crippen molar-refractivity contribution in [1.29, 1.82) is 0 Å². The molecule has 4 heterocycles. The Morgan fingerprint density at radius 1 is 1.14 bits per heavy atom. The first kappa shape index (κ1) is 17.9. The van der Waals surface area contributed by atoms with Gasteiger partial charge in [0, 0.05) is 18.2 Å². The third-order valence-electron chi connectivity index (χ3n) is 5.94. The molecule has 1 amide bonds. The number of carbonyl (C=O) groups excluding carboxylic acids is 1. The molecule has 2 aliphatic heterocycles. The van der Waals surface area contributed by atoms with Crippen LogP contribution < -0.4 is 16.0 Å². The van der Waals surface area contributed by atoms with Gasteiger partial charge in [-0.1, -0.05) is 19.3 Å². The van der Waals surface area contributed by atoms with Crippen molar-refractivity contribution in [3.05, 3.63) is 28.9 Å². The number of ether oxygens (including phenoxy) is 1. The van der Waals surface area contributed by atoms with E-state index in [-0.39, 0.29) is 17.5 Å². The van der Waals surface area contributed by atoms with Crippen LogP contribution in [0, 0.1) is 0 Å². The number of anilines is 3. The zero-order chi connectivity index (χ0) is 19.0. The minimum absolute atomic E-state index is 0.0669. The van der Waals surface area contributed by atoms with Gasteiger partial charge >= 0.3 is 0 Å². The molecule has 1 spiro atoms. The first-order valence-electron chi connectivity index (χ1n) is 10.1. The Balaban J connectivity index is 1.33. The summed E-state index contributed by atoms with van der Waals surface area (Å²) in [6.45, 7) is 1.55. The topological polar surface area (TPSA) is 88.2 Å². The second-order valence-electron chi connectivity index (χ2n) is 7.92. The summed E-state index contributed by atoms with van der Waals surface area (Å²) in [5.41, 5.74) is 1.01. The number of hydrogen-bond acceptors (Lipinski definition) is 7. The van der Waals surface area contributed by atoms with Crippen LogP contribution in [0.15, 0.2) is 18.5 Å². The first-order valence-corrected chi connectivity index (χ1v) is 10.9. The van der Waals surface area contributed by atoms with Crippen LogP contribution in [-0.2, 0) is 10.3 Å². The number of thiophene rings is 1. The van der Waals surface area contributed by atoms with Crippen molar-refractivity contribution in [2.75, 3.05) is 23.8 Å². The van der Waals surface area contributed by atoms with Crippen LogP contribution in [0.4, 0.5) is 16.6 Å². The number of nitrogens with zero attached hydrogens (tertiary/aromatic N) is 2. The number of rotatable bonds is 4. The van der Waals surface area contributed by atoms with Gasteiger partial charge in [-0.25, -0.2) is 9.97 Å². The molecule has 3 N–H and O–H groups in total. The fourth-order valence-corrected chi connectivity index (χ4v) is 5.62.